The van der Waals surface area contributed by atoms with Crippen molar-refractivity contribution in [3.05, 3.63) is 27.1 Å². The minimum Gasteiger partial charge on any atom is -0.367 e. The van der Waals surface area contributed by atoms with Crippen LogP contribution in [0.4, 0.5) is 5.69 Å². The molecule has 0 aliphatic carbocycles. The molecule has 1 heterocycles. The SMILES string of the molecule is CNC1CCN(c2cc(Br)ccc2Br)C(C)C1C. The van der Waals surface area contributed by atoms with E-state index in [1.165, 1.54) is 16.6 Å². The summed E-state index contributed by atoms with van der Waals surface area (Å²) in [5.41, 5.74) is 1.29. The van der Waals surface area contributed by atoms with Gasteiger partial charge >= 0.3 is 0 Å². The summed E-state index contributed by atoms with van der Waals surface area (Å²) in [6.07, 6.45) is 1.20. The van der Waals surface area contributed by atoms with Crippen molar-refractivity contribution in [1.82, 2.24) is 5.32 Å². The smallest absolute Gasteiger partial charge is 0.0524 e. The average Bonchev–Trinajstić information content (AvgIpc) is 2.36. The fraction of sp³-hybridized carbons (Fsp3) is 0.571. The van der Waals surface area contributed by atoms with Crippen LogP contribution in [0.3, 0.4) is 0 Å². The number of nitrogens with zero attached hydrogens (tertiary/aromatic N) is 1. The van der Waals surface area contributed by atoms with Gasteiger partial charge in [-0.15, -0.1) is 0 Å². The van der Waals surface area contributed by atoms with Crippen LogP contribution in [0, 0.1) is 5.92 Å². The number of piperidine rings is 1. The molecule has 1 fully saturated rings. The third kappa shape index (κ3) is 2.75. The highest BCUT2D eigenvalue weighted by Crippen LogP contribution is 2.35. The number of nitrogens with one attached hydrogen (secondary N) is 1. The van der Waals surface area contributed by atoms with Crippen LogP contribution in [-0.4, -0.2) is 25.7 Å². The van der Waals surface area contributed by atoms with Gasteiger partial charge in [0.1, 0.15) is 0 Å². The summed E-state index contributed by atoms with van der Waals surface area (Å²) in [6.45, 7) is 5.76. The Balaban J connectivity index is 2.26. The lowest BCUT2D eigenvalue weighted by Crippen LogP contribution is -2.52. The quantitative estimate of drug-likeness (QED) is 0.839. The minimum atomic E-state index is 0.543. The Morgan fingerprint density at radius 2 is 2.00 bits per heavy atom. The molecule has 0 bridgehead atoms. The zero-order valence-corrected chi connectivity index (χ0v) is 14.3. The first-order valence-electron chi connectivity index (χ1n) is 6.43. The highest BCUT2D eigenvalue weighted by molar-refractivity contribution is 9.11. The Morgan fingerprint density at radius 3 is 2.67 bits per heavy atom. The van der Waals surface area contributed by atoms with Crippen LogP contribution in [-0.2, 0) is 0 Å². The monoisotopic (exact) mass is 374 g/mol. The Morgan fingerprint density at radius 1 is 1.28 bits per heavy atom. The van der Waals surface area contributed by atoms with E-state index >= 15 is 0 Å². The Hall–Kier alpha value is -0.0600. The lowest BCUT2D eigenvalue weighted by molar-refractivity contribution is 0.282. The van der Waals surface area contributed by atoms with Crippen LogP contribution < -0.4 is 10.2 Å². The van der Waals surface area contributed by atoms with Crippen molar-refractivity contribution in [3.63, 3.8) is 0 Å². The summed E-state index contributed by atoms with van der Waals surface area (Å²) in [4.78, 5) is 2.51. The lowest BCUT2D eigenvalue weighted by Gasteiger charge is -2.44. The van der Waals surface area contributed by atoms with Gasteiger partial charge in [-0.1, -0.05) is 22.9 Å². The summed E-state index contributed by atoms with van der Waals surface area (Å²) in [7, 11) is 2.07. The molecule has 1 aromatic rings. The van der Waals surface area contributed by atoms with Gasteiger partial charge < -0.3 is 10.2 Å². The molecule has 3 atom stereocenters. The molecule has 0 saturated carbocycles. The fourth-order valence-corrected chi connectivity index (χ4v) is 3.64. The van der Waals surface area contributed by atoms with E-state index in [0.29, 0.717) is 18.0 Å². The summed E-state index contributed by atoms with van der Waals surface area (Å²) in [5.74, 6) is 0.648. The van der Waals surface area contributed by atoms with Crippen LogP contribution in [0.25, 0.3) is 0 Å². The van der Waals surface area contributed by atoms with E-state index in [2.05, 4.69) is 81.2 Å². The molecule has 0 spiro atoms. The second-order valence-electron chi connectivity index (χ2n) is 5.07. The first-order chi connectivity index (χ1) is 8.54. The maximum Gasteiger partial charge on any atom is 0.0524 e. The van der Waals surface area contributed by atoms with Gasteiger partial charge in [0.25, 0.3) is 0 Å². The molecule has 1 aliphatic heterocycles. The molecule has 4 heteroatoms. The largest absolute Gasteiger partial charge is 0.367 e. The van der Waals surface area contributed by atoms with Crippen molar-refractivity contribution < 1.29 is 0 Å². The van der Waals surface area contributed by atoms with Crippen molar-refractivity contribution in [2.24, 2.45) is 5.92 Å². The molecule has 2 nitrogen and oxygen atoms in total. The first-order valence-corrected chi connectivity index (χ1v) is 8.02. The predicted octanol–water partition coefficient (Wildman–Crippen LogP) is 4.03. The number of rotatable bonds is 2. The molecule has 1 saturated heterocycles. The number of benzene rings is 1. The number of anilines is 1. The number of hydrogen-bond donors (Lipinski definition) is 1. The molecular weight excluding hydrogens is 356 g/mol. The average molecular weight is 376 g/mol. The van der Waals surface area contributed by atoms with Crippen molar-refractivity contribution >= 4 is 37.5 Å². The van der Waals surface area contributed by atoms with Gasteiger partial charge in [0.05, 0.1) is 5.69 Å². The number of hydrogen-bond acceptors (Lipinski definition) is 2. The highest BCUT2D eigenvalue weighted by atomic mass is 79.9. The molecule has 0 radical (unpaired) electrons. The predicted molar refractivity (Wildman–Crippen MR) is 85.3 cm³/mol. The molecule has 0 amide bonds. The van der Waals surface area contributed by atoms with Gasteiger partial charge in [0.15, 0.2) is 0 Å². The lowest BCUT2D eigenvalue weighted by atomic mass is 9.87. The summed E-state index contributed by atoms with van der Waals surface area (Å²) < 4.78 is 2.31. The van der Waals surface area contributed by atoms with E-state index in [1.54, 1.807) is 0 Å². The molecular formula is C14H20Br2N2. The van der Waals surface area contributed by atoms with E-state index in [0.717, 1.165) is 11.0 Å². The van der Waals surface area contributed by atoms with Gasteiger partial charge in [-0.2, -0.15) is 0 Å². The second-order valence-corrected chi connectivity index (χ2v) is 6.84. The Kier molecular flexibility index (Phi) is 4.73. The Labute approximate surface area is 126 Å². The molecule has 1 N–H and O–H groups in total. The van der Waals surface area contributed by atoms with Gasteiger partial charge in [-0.05, 0) is 60.4 Å². The maximum absolute atomic E-state index is 3.67. The van der Waals surface area contributed by atoms with E-state index in [4.69, 9.17) is 0 Å². The van der Waals surface area contributed by atoms with Crippen LogP contribution in [0.15, 0.2) is 27.1 Å². The minimum absolute atomic E-state index is 0.543. The molecule has 3 unspecified atom stereocenters. The zero-order chi connectivity index (χ0) is 13.3. The van der Waals surface area contributed by atoms with E-state index in [9.17, 15) is 0 Å². The van der Waals surface area contributed by atoms with Crippen molar-refractivity contribution in [1.29, 1.82) is 0 Å². The van der Waals surface area contributed by atoms with E-state index < -0.39 is 0 Å². The van der Waals surface area contributed by atoms with Gasteiger partial charge in [0.2, 0.25) is 0 Å². The summed E-state index contributed by atoms with van der Waals surface area (Å²) in [6, 6.07) is 7.56. The maximum atomic E-state index is 3.67. The van der Waals surface area contributed by atoms with Gasteiger partial charge in [0, 0.05) is 27.6 Å². The number of halogens is 2. The second kappa shape index (κ2) is 5.93. The van der Waals surface area contributed by atoms with Crippen molar-refractivity contribution in [3.8, 4) is 0 Å². The highest BCUT2D eigenvalue weighted by Gasteiger charge is 2.32. The molecule has 18 heavy (non-hydrogen) atoms. The van der Waals surface area contributed by atoms with E-state index in [-0.39, 0.29) is 0 Å². The molecule has 100 valence electrons. The Bertz CT molecular complexity index is 422. The van der Waals surface area contributed by atoms with Crippen LogP contribution >= 0.6 is 31.9 Å². The van der Waals surface area contributed by atoms with Crippen LogP contribution in [0.1, 0.15) is 20.3 Å². The summed E-state index contributed by atoms with van der Waals surface area (Å²) >= 11 is 7.23. The summed E-state index contributed by atoms with van der Waals surface area (Å²) in [5, 5.41) is 3.43. The standard InChI is InChI=1S/C14H20Br2N2/c1-9-10(2)18(7-6-13(9)17-3)14-8-11(15)4-5-12(14)16/h4-5,8-10,13,17H,6-7H2,1-3H3. The molecule has 0 aromatic heterocycles. The topological polar surface area (TPSA) is 15.3 Å². The van der Waals surface area contributed by atoms with Crippen molar-refractivity contribution in [2.45, 2.75) is 32.4 Å². The first kappa shape index (κ1) is 14.4. The fourth-order valence-electron chi connectivity index (χ4n) is 2.82. The third-order valence-electron chi connectivity index (χ3n) is 4.16. The molecule has 1 aliphatic rings. The molecule has 1 aromatic carbocycles. The van der Waals surface area contributed by atoms with Gasteiger partial charge in [-0.25, -0.2) is 0 Å². The van der Waals surface area contributed by atoms with E-state index in [1.807, 2.05) is 0 Å². The normalized spacial score (nSPS) is 28.5. The zero-order valence-electron chi connectivity index (χ0n) is 11.1. The molecule has 2 rings (SSSR count). The van der Waals surface area contributed by atoms with Crippen LogP contribution in [0.2, 0.25) is 0 Å². The van der Waals surface area contributed by atoms with Gasteiger partial charge in [-0.3, -0.25) is 0 Å². The third-order valence-corrected chi connectivity index (χ3v) is 5.32. The van der Waals surface area contributed by atoms with Crippen molar-refractivity contribution in [2.75, 3.05) is 18.5 Å². The van der Waals surface area contributed by atoms with Crippen LogP contribution in [0.5, 0.6) is 0 Å².